The number of fused-ring (bicyclic) bond motifs is 1. The molecule has 1 atom stereocenters. The van der Waals surface area contributed by atoms with Gasteiger partial charge >= 0.3 is 0 Å². The van der Waals surface area contributed by atoms with Crippen LogP contribution in [0.15, 0.2) is 39.6 Å². The van der Waals surface area contributed by atoms with E-state index in [1.54, 1.807) is 0 Å². The molecule has 3 aromatic rings. The molecule has 3 heterocycles. The summed E-state index contributed by atoms with van der Waals surface area (Å²) in [6.45, 7) is 5.19. The first-order chi connectivity index (χ1) is 12.1. The van der Waals surface area contributed by atoms with Crippen LogP contribution in [0.3, 0.4) is 0 Å². The lowest BCUT2D eigenvalue weighted by atomic mass is 10.0. The Balaban J connectivity index is 1.60. The Hall–Kier alpha value is -2.47. The van der Waals surface area contributed by atoms with Gasteiger partial charge in [0.2, 0.25) is 0 Å². The monoisotopic (exact) mass is 338 g/mol. The predicted octanol–water partition coefficient (Wildman–Crippen LogP) is 2.67. The van der Waals surface area contributed by atoms with Gasteiger partial charge in [-0.05, 0) is 38.7 Å². The van der Waals surface area contributed by atoms with Gasteiger partial charge in [0.1, 0.15) is 5.76 Å². The minimum Gasteiger partial charge on any atom is -0.360 e. The summed E-state index contributed by atoms with van der Waals surface area (Å²) < 4.78 is 6.72. The van der Waals surface area contributed by atoms with Crippen LogP contribution in [0.25, 0.3) is 10.9 Å². The lowest BCUT2D eigenvalue weighted by Crippen LogP contribution is -2.38. The number of rotatable bonds is 4. The van der Waals surface area contributed by atoms with E-state index in [4.69, 9.17) is 4.52 Å². The molecule has 4 rings (SSSR count). The van der Waals surface area contributed by atoms with Crippen molar-refractivity contribution >= 4 is 10.9 Å². The lowest BCUT2D eigenvalue weighted by Gasteiger charge is -2.24. The molecule has 0 N–H and O–H groups in total. The third kappa shape index (κ3) is 2.98. The SMILES string of the molecule is Cc1nn(CN2CCC[C@H]2Cc2ccccc2)c(=O)c2noc(C)c12. The molecule has 0 radical (unpaired) electrons. The number of hydrogen-bond acceptors (Lipinski definition) is 5. The predicted molar refractivity (Wildman–Crippen MR) is 95.4 cm³/mol. The quantitative estimate of drug-likeness (QED) is 0.732. The van der Waals surface area contributed by atoms with Gasteiger partial charge < -0.3 is 4.52 Å². The summed E-state index contributed by atoms with van der Waals surface area (Å²) in [5.41, 5.74) is 2.32. The summed E-state index contributed by atoms with van der Waals surface area (Å²) in [6, 6.07) is 10.9. The maximum absolute atomic E-state index is 12.7. The first-order valence-electron chi connectivity index (χ1n) is 8.75. The Labute approximate surface area is 146 Å². The number of likely N-dealkylation sites (tertiary alicyclic amines) is 1. The highest BCUT2D eigenvalue weighted by atomic mass is 16.5. The van der Waals surface area contributed by atoms with Crippen LogP contribution in [0, 0.1) is 13.8 Å². The highest BCUT2D eigenvalue weighted by molar-refractivity contribution is 5.81. The van der Waals surface area contributed by atoms with E-state index in [-0.39, 0.29) is 5.56 Å². The largest absolute Gasteiger partial charge is 0.360 e. The molecule has 2 aromatic heterocycles. The molecule has 1 aliphatic rings. The van der Waals surface area contributed by atoms with Gasteiger partial charge in [0.05, 0.1) is 17.7 Å². The van der Waals surface area contributed by atoms with Crippen molar-refractivity contribution in [2.75, 3.05) is 6.54 Å². The summed E-state index contributed by atoms with van der Waals surface area (Å²) in [6.07, 6.45) is 3.30. The van der Waals surface area contributed by atoms with E-state index in [0.29, 0.717) is 24.0 Å². The lowest BCUT2D eigenvalue weighted by molar-refractivity contribution is 0.185. The average molecular weight is 338 g/mol. The van der Waals surface area contributed by atoms with Crippen LogP contribution in [0.4, 0.5) is 0 Å². The minimum atomic E-state index is -0.178. The zero-order valence-corrected chi connectivity index (χ0v) is 14.6. The van der Waals surface area contributed by atoms with Crippen molar-refractivity contribution in [3.8, 4) is 0 Å². The van der Waals surface area contributed by atoms with E-state index in [0.717, 1.165) is 36.9 Å². The van der Waals surface area contributed by atoms with Gasteiger partial charge in [0, 0.05) is 12.6 Å². The molecule has 130 valence electrons. The van der Waals surface area contributed by atoms with Crippen molar-refractivity contribution in [2.45, 2.75) is 45.8 Å². The van der Waals surface area contributed by atoms with Crippen molar-refractivity contribution in [1.82, 2.24) is 19.8 Å². The molecule has 6 heteroatoms. The summed E-state index contributed by atoms with van der Waals surface area (Å²) in [5, 5.41) is 9.17. The van der Waals surface area contributed by atoms with Gasteiger partial charge in [-0.2, -0.15) is 5.10 Å². The zero-order chi connectivity index (χ0) is 17.4. The second-order valence-electron chi connectivity index (χ2n) is 6.79. The Kier molecular flexibility index (Phi) is 4.13. The summed E-state index contributed by atoms with van der Waals surface area (Å²) in [5.74, 6) is 0.646. The molecule has 25 heavy (non-hydrogen) atoms. The third-order valence-corrected chi connectivity index (χ3v) is 5.06. The molecule has 1 aromatic carbocycles. The van der Waals surface area contributed by atoms with E-state index in [1.165, 1.54) is 10.2 Å². The normalized spacial score (nSPS) is 18.2. The fourth-order valence-electron chi connectivity index (χ4n) is 3.81. The molecule has 0 bridgehead atoms. The average Bonchev–Trinajstić information content (AvgIpc) is 3.20. The van der Waals surface area contributed by atoms with Crippen LogP contribution in [0.1, 0.15) is 29.9 Å². The van der Waals surface area contributed by atoms with Crippen molar-refractivity contribution in [1.29, 1.82) is 0 Å². The Morgan fingerprint density at radius 2 is 2.04 bits per heavy atom. The van der Waals surface area contributed by atoms with Gasteiger partial charge in [0.25, 0.3) is 5.56 Å². The topological polar surface area (TPSA) is 64.2 Å². The van der Waals surface area contributed by atoms with Crippen LogP contribution in [0.2, 0.25) is 0 Å². The van der Waals surface area contributed by atoms with Crippen molar-refractivity contribution < 1.29 is 4.52 Å². The summed E-state index contributed by atoms with van der Waals surface area (Å²) in [4.78, 5) is 15.0. The molecule has 1 fully saturated rings. The second-order valence-corrected chi connectivity index (χ2v) is 6.79. The minimum absolute atomic E-state index is 0.178. The van der Waals surface area contributed by atoms with E-state index in [1.807, 2.05) is 19.9 Å². The standard InChI is InChI=1S/C19H22N4O2/c1-13-17-14(2)25-21-18(17)19(24)23(20-13)12-22-10-6-9-16(22)11-15-7-4-3-5-8-15/h3-5,7-8,16H,6,9-12H2,1-2H3/t16-/m0/s1. The Bertz CT molecular complexity index is 945. The van der Waals surface area contributed by atoms with Crippen LogP contribution in [0.5, 0.6) is 0 Å². The highest BCUT2D eigenvalue weighted by Gasteiger charge is 2.26. The van der Waals surface area contributed by atoms with Crippen LogP contribution < -0.4 is 5.56 Å². The van der Waals surface area contributed by atoms with Crippen LogP contribution >= 0.6 is 0 Å². The molecular formula is C19H22N4O2. The fraction of sp³-hybridized carbons (Fsp3) is 0.421. The van der Waals surface area contributed by atoms with E-state index in [2.05, 4.69) is 39.4 Å². The van der Waals surface area contributed by atoms with E-state index in [9.17, 15) is 4.79 Å². The zero-order valence-electron chi connectivity index (χ0n) is 14.6. The maximum Gasteiger partial charge on any atom is 0.298 e. The Morgan fingerprint density at radius 3 is 2.84 bits per heavy atom. The van der Waals surface area contributed by atoms with E-state index >= 15 is 0 Å². The van der Waals surface area contributed by atoms with Gasteiger partial charge in [-0.3, -0.25) is 9.69 Å². The summed E-state index contributed by atoms with van der Waals surface area (Å²) >= 11 is 0. The van der Waals surface area contributed by atoms with Crippen molar-refractivity contribution in [3.05, 3.63) is 57.7 Å². The number of benzene rings is 1. The van der Waals surface area contributed by atoms with Gasteiger partial charge in [-0.25, -0.2) is 4.68 Å². The smallest absolute Gasteiger partial charge is 0.298 e. The molecule has 0 saturated carbocycles. The fourth-order valence-corrected chi connectivity index (χ4v) is 3.81. The Morgan fingerprint density at radius 1 is 1.24 bits per heavy atom. The number of aromatic nitrogens is 3. The van der Waals surface area contributed by atoms with Crippen molar-refractivity contribution in [3.63, 3.8) is 0 Å². The third-order valence-electron chi connectivity index (χ3n) is 5.06. The highest BCUT2D eigenvalue weighted by Crippen LogP contribution is 2.22. The molecule has 0 aliphatic carbocycles. The van der Waals surface area contributed by atoms with Crippen LogP contribution in [-0.2, 0) is 13.1 Å². The van der Waals surface area contributed by atoms with Gasteiger partial charge in [-0.1, -0.05) is 35.5 Å². The molecule has 1 aliphatic heterocycles. The first-order valence-corrected chi connectivity index (χ1v) is 8.75. The molecule has 6 nitrogen and oxygen atoms in total. The number of hydrogen-bond donors (Lipinski definition) is 0. The van der Waals surface area contributed by atoms with Gasteiger partial charge in [-0.15, -0.1) is 0 Å². The van der Waals surface area contributed by atoms with Crippen LogP contribution in [-0.4, -0.2) is 32.4 Å². The number of nitrogens with zero attached hydrogens (tertiary/aromatic N) is 4. The first kappa shape index (κ1) is 16.0. The van der Waals surface area contributed by atoms with Crippen molar-refractivity contribution in [2.24, 2.45) is 0 Å². The summed E-state index contributed by atoms with van der Waals surface area (Å²) in [7, 11) is 0. The second kappa shape index (κ2) is 6.44. The van der Waals surface area contributed by atoms with Gasteiger partial charge in [0.15, 0.2) is 5.52 Å². The molecule has 0 unspecified atom stereocenters. The molecular weight excluding hydrogens is 316 g/mol. The molecule has 0 amide bonds. The number of aryl methyl sites for hydroxylation is 2. The maximum atomic E-state index is 12.7. The molecule has 0 spiro atoms. The molecule has 1 saturated heterocycles. The van der Waals surface area contributed by atoms with E-state index < -0.39 is 0 Å².